The number of hydrogen-bond donors (Lipinski definition) is 2. The molecule has 8 heteroatoms. The number of carbonyl (C=O) groups excluding carboxylic acids is 2. The molecule has 0 unspecified atom stereocenters. The Bertz CT molecular complexity index is 792. The van der Waals surface area contributed by atoms with Gasteiger partial charge in [-0.3, -0.25) is 9.59 Å². The van der Waals surface area contributed by atoms with Crippen molar-refractivity contribution in [3.63, 3.8) is 0 Å². The van der Waals surface area contributed by atoms with E-state index in [0.29, 0.717) is 21.5 Å². The molecule has 0 saturated carbocycles. The molecule has 0 aromatic heterocycles. The van der Waals surface area contributed by atoms with Gasteiger partial charge >= 0.3 is 0 Å². The van der Waals surface area contributed by atoms with E-state index in [1.165, 1.54) is 7.11 Å². The van der Waals surface area contributed by atoms with Crippen LogP contribution < -0.4 is 20.1 Å². The van der Waals surface area contributed by atoms with Crippen molar-refractivity contribution in [2.75, 3.05) is 19.5 Å². The summed E-state index contributed by atoms with van der Waals surface area (Å²) in [5.74, 6) is 0.217. The Kier molecular flexibility index (Phi) is 7.12. The van der Waals surface area contributed by atoms with Gasteiger partial charge in [0, 0.05) is 6.54 Å². The largest absolute Gasteiger partial charge is 0.493 e. The summed E-state index contributed by atoms with van der Waals surface area (Å²) >= 11 is 12.0. The average molecular weight is 397 g/mol. The van der Waals surface area contributed by atoms with Gasteiger partial charge in [0.25, 0.3) is 0 Å². The molecule has 6 nitrogen and oxygen atoms in total. The molecule has 0 aliphatic carbocycles. The predicted molar refractivity (Wildman–Crippen MR) is 101 cm³/mol. The first-order valence-electron chi connectivity index (χ1n) is 7.66. The molecule has 2 aromatic carbocycles. The van der Waals surface area contributed by atoms with Crippen molar-refractivity contribution in [3.05, 3.63) is 52.0 Å². The Morgan fingerprint density at radius 2 is 1.62 bits per heavy atom. The number of amides is 2. The van der Waals surface area contributed by atoms with Crippen LogP contribution in [0.1, 0.15) is 12.0 Å². The molecular formula is C18H18Cl2N2O4. The minimum Gasteiger partial charge on any atom is -0.493 e. The van der Waals surface area contributed by atoms with Gasteiger partial charge in [-0.15, -0.1) is 0 Å². The van der Waals surface area contributed by atoms with Crippen molar-refractivity contribution < 1.29 is 19.1 Å². The molecule has 0 heterocycles. The van der Waals surface area contributed by atoms with Crippen LogP contribution in [0.25, 0.3) is 0 Å². The zero-order valence-corrected chi connectivity index (χ0v) is 15.8. The highest BCUT2D eigenvalue weighted by Crippen LogP contribution is 2.30. The average Bonchev–Trinajstić information content (AvgIpc) is 2.62. The highest BCUT2D eigenvalue weighted by atomic mass is 35.5. The van der Waals surface area contributed by atoms with Crippen molar-refractivity contribution in [1.82, 2.24) is 5.32 Å². The van der Waals surface area contributed by atoms with E-state index < -0.39 is 11.8 Å². The number of nitrogens with one attached hydrogen (secondary N) is 2. The van der Waals surface area contributed by atoms with E-state index in [1.54, 1.807) is 43.5 Å². The van der Waals surface area contributed by atoms with Crippen LogP contribution in [0, 0.1) is 0 Å². The molecule has 138 valence electrons. The van der Waals surface area contributed by atoms with Gasteiger partial charge in [0.2, 0.25) is 11.8 Å². The second-order valence-electron chi connectivity index (χ2n) is 5.29. The predicted octanol–water partition coefficient (Wildman–Crippen LogP) is 3.66. The number of hydrogen-bond acceptors (Lipinski definition) is 4. The minimum absolute atomic E-state index is 0.249. The standard InChI is InChI=1S/C18H18Cl2N2O4/c1-25-14-7-6-11(8-15(14)26-2)10-21-16(23)9-17(24)22-18-12(19)4-3-5-13(18)20/h3-8H,9-10H2,1-2H3,(H,21,23)(H,22,24). The summed E-state index contributed by atoms with van der Waals surface area (Å²) in [7, 11) is 3.08. The molecule has 26 heavy (non-hydrogen) atoms. The molecule has 0 fully saturated rings. The van der Waals surface area contributed by atoms with E-state index >= 15 is 0 Å². The normalized spacial score (nSPS) is 10.2. The Hall–Kier alpha value is -2.44. The van der Waals surface area contributed by atoms with E-state index in [-0.39, 0.29) is 18.7 Å². The van der Waals surface area contributed by atoms with Crippen molar-refractivity contribution in [2.45, 2.75) is 13.0 Å². The number of benzene rings is 2. The zero-order chi connectivity index (χ0) is 19.1. The molecule has 2 aromatic rings. The third kappa shape index (κ3) is 5.28. The summed E-state index contributed by atoms with van der Waals surface area (Å²) in [4.78, 5) is 24.0. The summed E-state index contributed by atoms with van der Waals surface area (Å²) in [5, 5.41) is 5.82. The van der Waals surface area contributed by atoms with Crippen LogP contribution in [0.3, 0.4) is 0 Å². The maximum absolute atomic E-state index is 12.0. The van der Waals surface area contributed by atoms with Gasteiger partial charge in [-0.1, -0.05) is 35.3 Å². The van der Waals surface area contributed by atoms with Crippen LogP contribution in [-0.4, -0.2) is 26.0 Å². The van der Waals surface area contributed by atoms with E-state index in [0.717, 1.165) is 5.56 Å². The number of rotatable bonds is 7. The molecule has 2 N–H and O–H groups in total. The maximum Gasteiger partial charge on any atom is 0.233 e. The van der Waals surface area contributed by atoms with Crippen molar-refractivity contribution in [1.29, 1.82) is 0 Å². The molecule has 0 aliphatic rings. The third-order valence-corrected chi connectivity index (χ3v) is 4.12. The highest BCUT2D eigenvalue weighted by Gasteiger charge is 2.13. The first-order valence-corrected chi connectivity index (χ1v) is 8.41. The van der Waals surface area contributed by atoms with Gasteiger partial charge in [-0.2, -0.15) is 0 Å². The van der Waals surface area contributed by atoms with Crippen LogP contribution in [0.2, 0.25) is 10.0 Å². The molecule has 0 atom stereocenters. The van der Waals surface area contributed by atoms with Crippen molar-refractivity contribution >= 4 is 40.7 Å². The summed E-state index contributed by atoms with van der Waals surface area (Å²) in [6.45, 7) is 0.249. The number of para-hydroxylation sites is 1. The fourth-order valence-corrected chi connectivity index (χ4v) is 2.69. The van der Waals surface area contributed by atoms with Crippen molar-refractivity contribution in [2.24, 2.45) is 0 Å². The number of anilines is 1. The highest BCUT2D eigenvalue weighted by molar-refractivity contribution is 6.39. The van der Waals surface area contributed by atoms with Gasteiger partial charge in [0.05, 0.1) is 30.0 Å². The van der Waals surface area contributed by atoms with E-state index in [1.807, 2.05) is 0 Å². The lowest BCUT2D eigenvalue weighted by atomic mass is 10.2. The fourth-order valence-electron chi connectivity index (χ4n) is 2.20. The summed E-state index contributed by atoms with van der Waals surface area (Å²) < 4.78 is 10.4. The quantitative estimate of drug-likeness (QED) is 0.700. The van der Waals surface area contributed by atoms with E-state index in [4.69, 9.17) is 32.7 Å². The summed E-state index contributed by atoms with van der Waals surface area (Å²) in [5.41, 5.74) is 1.10. The first kappa shape index (κ1) is 19.9. The Morgan fingerprint density at radius 1 is 0.962 bits per heavy atom. The van der Waals surface area contributed by atoms with Crippen LogP contribution in [0.4, 0.5) is 5.69 Å². The minimum atomic E-state index is -0.509. The second kappa shape index (κ2) is 9.31. The third-order valence-electron chi connectivity index (χ3n) is 3.49. The van der Waals surface area contributed by atoms with Crippen LogP contribution in [0.5, 0.6) is 11.5 Å². The van der Waals surface area contributed by atoms with Gasteiger partial charge < -0.3 is 20.1 Å². The maximum atomic E-state index is 12.0. The molecule has 0 aliphatic heterocycles. The molecule has 2 rings (SSSR count). The molecule has 0 bridgehead atoms. The van der Waals surface area contributed by atoms with Crippen LogP contribution in [-0.2, 0) is 16.1 Å². The molecule has 0 spiro atoms. The Labute approximate surface area is 161 Å². The molecule has 2 amide bonds. The SMILES string of the molecule is COc1ccc(CNC(=O)CC(=O)Nc2c(Cl)cccc2Cl)cc1OC. The van der Waals surface area contributed by atoms with Gasteiger partial charge in [-0.05, 0) is 29.8 Å². The fraction of sp³-hybridized carbons (Fsp3) is 0.222. The number of carbonyl (C=O) groups is 2. The molecule has 0 saturated heterocycles. The van der Waals surface area contributed by atoms with E-state index in [9.17, 15) is 9.59 Å². The molecule has 0 radical (unpaired) electrons. The monoisotopic (exact) mass is 396 g/mol. The van der Waals surface area contributed by atoms with Crippen molar-refractivity contribution in [3.8, 4) is 11.5 Å². The Balaban J connectivity index is 1.89. The van der Waals surface area contributed by atoms with Crippen LogP contribution >= 0.6 is 23.2 Å². The topological polar surface area (TPSA) is 76.7 Å². The zero-order valence-electron chi connectivity index (χ0n) is 14.3. The number of ether oxygens (including phenoxy) is 2. The number of halogens is 2. The van der Waals surface area contributed by atoms with Gasteiger partial charge in [0.15, 0.2) is 11.5 Å². The second-order valence-corrected chi connectivity index (χ2v) is 6.10. The number of methoxy groups -OCH3 is 2. The Morgan fingerprint density at radius 3 is 2.23 bits per heavy atom. The lowest BCUT2D eigenvalue weighted by Crippen LogP contribution is -2.27. The summed E-state index contributed by atoms with van der Waals surface area (Å²) in [6, 6.07) is 10.1. The van der Waals surface area contributed by atoms with Crippen LogP contribution in [0.15, 0.2) is 36.4 Å². The summed E-state index contributed by atoms with van der Waals surface area (Å²) in [6.07, 6.45) is -0.352. The smallest absolute Gasteiger partial charge is 0.233 e. The molecular weight excluding hydrogens is 379 g/mol. The first-order chi connectivity index (χ1) is 12.4. The van der Waals surface area contributed by atoms with Gasteiger partial charge in [0.1, 0.15) is 6.42 Å². The lowest BCUT2D eigenvalue weighted by molar-refractivity contribution is -0.126. The lowest BCUT2D eigenvalue weighted by Gasteiger charge is -2.11. The van der Waals surface area contributed by atoms with Gasteiger partial charge in [-0.25, -0.2) is 0 Å². The van der Waals surface area contributed by atoms with E-state index in [2.05, 4.69) is 10.6 Å².